The molecule has 2 N–H and O–H groups in total. The van der Waals surface area contributed by atoms with Gasteiger partial charge in [0.05, 0.1) is 11.6 Å². The summed E-state index contributed by atoms with van der Waals surface area (Å²) in [6, 6.07) is 3.92. The topological polar surface area (TPSA) is 98.9 Å². The van der Waals surface area contributed by atoms with Gasteiger partial charge in [-0.15, -0.1) is 0 Å². The number of amides is 2. The minimum absolute atomic E-state index is 0.0421. The van der Waals surface area contributed by atoms with E-state index in [1.54, 1.807) is 22.6 Å². The van der Waals surface area contributed by atoms with Crippen LogP contribution in [-0.4, -0.2) is 73.2 Å². The van der Waals surface area contributed by atoms with E-state index in [0.717, 1.165) is 49.6 Å². The molecule has 1 saturated heterocycles. The Morgan fingerprint density at radius 2 is 1.83 bits per heavy atom. The molecule has 1 aliphatic heterocycles. The van der Waals surface area contributed by atoms with Crippen molar-refractivity contribution in [2.75, 3.05) is 19.6 Å². The smallest absolute Gasteiger partial charge is 0.290 e. The van der Waals surface area contributed by atoms with Gasteiger partial charge in [0.2, 0.25) is 5.91 Å². The highest BCUT2D eigenvalue weighted by atomic mass is 16.3. The first kappa shape index (κ1) is 19.4. The van der Waals surface area contributed by atoms with Gasteiger partial charge in [-0.1, -0.05) is 0 Å². The van der Waals surface area contributed by atoms with Crippen LogP contribution < -0.4 is 0 Å². The Labute approximate surface area is 175 Å². The quantitative estimate of drug-likeness (QED) is 0.800. The first-order valence-corrected chi connectivity index (χ1v) is 10.9. The number of aliphatic hydroxyl groups excluding tert-OH is 1. The van der Waals surface area contributed by atoms with Gasteiger partial charge < -0.3 is 24.6 Å². The fraction of sp³-hybridized carbons (Fsp3) is 0.591. The van der Waals surface area contributed by atoms with Gasteiger partial charge in [0.25, 0.3) is 5.91 Å². The molecule has 8 heteroatoms. The summed E-state index contributed by atoms with van der Waals surface area (Å²) in [5.74, 6) is 0.502. The van der Waals surface area contributed by atoms with Crippen molar-refractivity contribution in [3.05, 3.63) is 23.5 Å². The van der Waals surface area contributed by atoms with Crippen LogP contribution in [0.3, 0.4) is 0 Å². The molecule has 3 fully saturated rings. The monoisotopic (exact) mass is 412 g/mol. The van der Waals surface area contributed by atoms with E-state index in [1.807, 2.05) is 11.0 Å². The summed E-state index contributed by atoms with van der Waals surface area (Å²) in [7, 11) is 1.78. The fourth-order valence-corrected chi connectivity index (χ4v) is 4.89. The highest BCUT2D eigenvalue weighted by molar-refractivity contribution is 5.98. The predicted octanol–water partition coefficient (Wildman–Crippen LogP) is 1.74. The number of carbonyl (C=O) groups is 2. The number of aryl methyl sites for hydroxylation is 1. The molecular formula is C22H28N4O4. The summed E-state index contributed by atoms with van der Waals surface area (Å²) in [5, 5.41) is 20.1. The molecule has 30 heavy (non-hydrogen) atoms. The van der Waals surface area contributed by atoms with E-state index in [9.17, 15) is 19.8 Å². The fourth-order valence-electron chi connectivity index (χ4n) is 4.89. The summed E-state index contributed by atoms with van der Waals surface area (Å²) < 4.78 is 1.72. The molecule has 0 bridgehead atoms. The van der Waals surface area contributed by atoms with Crippen molar-refractivity contribution >= 4 is 22.8 Å². The van der Waals surface area contributed by atoms with Crippen LogP contribution in [0.5, 0.6) is 5.75 Å². The van der Waals surface area contributed by atoms with Gasteiger partial charge in [-0.25, -0.2) is 4.98 Å². The van der Waals surface area contributed by atoms with Crippen molar-refractivity contribution in [3.8, 4) is 5.75 Å². The van der Waals surface area contributed by atoms with Crippen LogP contribution in [0.1, 0.15) is 60.6 Å². The number of phenolic OH excluding ortho intramolecular Hbond substituents is 1. The Morgan fingerprint density at radius 1 is 1.10 bits per heavy atom. The molecule has 0 atom stereocenters. The number of piperazine rings is 1. The van der Waals surface area contributed by atoms with E-state index in [2.05, 4.69) is 4.98 Å². The minimum Gasteiger partial charge on any atom is -0.506 e. The van der Waals surface area contributed by atoms with Crippen LogP contribution >= 0.6 is 0 Å². The summed E-state index contributed by atoms with van der Waals surface area (Å²) in [4.78, 5) is 33.8. The number of aromatic nitrogens is 2. The van der Waals surface area contributed by atoms with Gasteiger partial charge in [-0.2, -0.15) is 0 Å². The lowest BCUT2D eigenvalue weighted by Crippen LogP contribution is -2.56. The normalized spacial score (nSPS) is 25.2. The molecule has 2 heterocycles. The molecule has 2 amide bonds. The van der Waals surface area contributed by atoms with Crippen LogP contribution in [0.25, 0.3) is 11.0 Å². The number of hydrogen-bond donors (Lipinski definition) is 2. The van der Waals surface area contributed by atoms with Gasteiger partial charge in [-0.3, -0.25) is 9.59 Å². The lowest BCUT2D eigenvalue weighted by Gasteiger charge is -2.41. The summed E-state index contributed by atoms with van der Waals surface area (Å²) in [5.41, 5.74) is 2.25. The van der Waals surface area contributed by atoms with Gasteiger partial charge >= 0.3 is 0 Å². The molecule has 8 nitrogen and oxygen atoms in total. The molecule has 1 aromatic heterocycles. The molecule has 0 unspecified atom stereocenters. The minimum atomic E-state index is -0.284. The third-order valence-corrected chi connectivity index (χ3v) is 6.88. The number of rotatable bonds is 3. The van der Waals surface area contributed by atoms with Crippen molar-refractivity contribution in [1.82, 2.24) is 19.4 Å². The number of phenols is 1. The maximum Gasteiger partial charge on any atom is 0.290 e. The van der Waals surface area contributed by atoms with Crippen LogP contribution in [-0.2, 0) is 11.8 Å². The Kier molecular flexibility index (Phi) is 4.69. The van der Waals surface area contributed by atoms with E-state index in [0.29, 0.717) is 24.5 Å². The average Bonchev–Trinajstić information content (AvgIpc) is 3.53. The lowest BCUT2D eigenvalue weighted by molar-refractivity contribution is -0.138. The lowest BCUT2D eigenvalue weighted by atomic mass is 9.91. The average molecular weight is 412 g/mol. The number of hydrogen-bond acceptors (Lipinski definition) is 5. The molecular weight excluding hydrogens is 384 g/mol. The highest BCUT2D eigenvalue weighted by Gasteiger charge is 2.35. The van der Waals surface area contributed by atoms with E-state index < -0.39 is 0 Å². The van der Waals surface area contributed by atoms with Gasteiger partial charge in [0, 0.05) is 26.2 Å². The Bertz CT molecular complexity index is 1000. The third kappa shape index (κ3) is 3.33. The van der Waals surface area contributed by atoms with E-state index in [1.165, 1.54) is 0 Å². The molecule has 2 saturated carbocycles. The molecule has 2 aromatic rings. The second kappa shape index (κ2) is 7.27. The SMILES string of the molecule is Cn1c(C(=O)N2CCN(C3CCC(O)CC3)C(=O)C2)nc2c(O)cc(C3CC3)cc21. The summed E-state index contributed by atoms with van der Waals surface area (Å²) in [6.07, 6.45) is 5.07. The number of aliphatic hydroxyl groups is 1. The second-order valence-corrected chi connectivity index (χ2v) is 8.95. The maximum atomic E-state index is 13.2. The number of imidazole rings is 1. The molecule has 1 aromatic carbocycles. The van der Waals surface area contributed by atoms with Crippen LogP contribution in [0.15, 0.2) is 12.1 Å². The number of benzene rings is 1. The van der Waals surface area contributed by atoms with Crippen LogP contribution in [0.2, 0.25) is 0 Å². The van der Waals surface area contributed by atoms with Crippen molar-refractivity contribution in [3.63, 3.8) is 0 Å². The largest absolute Gasteiger partial charge is 0.506 e. The third-order valence-electron chi connectivity index (χ3n) is 6.88. The van der Waals surface area contributed by atoms with Gasteiger partial charge in [0.1, 0.15) is 17.8 Å². The number of nitrogens with zero attached hydrogens (tertiary/aromatic N) is 4. The van der Waals surface area contributed by atoms with Crippen LogP contribution in [0.4, 0.5) is 0 Å². The molecule has 160 valence electrons. The second-order valence-electron chi connectivity index (χ2n) is 8.95. The van der Waals surface area contributed by atoms with Gasteiger partial charge in [0.15, 0.2) is 5.82 Å². The Hall–Kier alpha value is -2.61. The summed E-state index contributed by atoms with van der Waals surface area (Å²) in [6.45, 7) is 1.01. The first-order valence-electron chi connectivity index (χ1n) is 10.9. The zero-order valence-corrected chi connectivity index (χ0v) is 17.3. The van der Waals surface area contributed by atoms with Gasteiger partial charge in [-0.05, 0) is 62.1 Å². The number of carbonyl (C=O) groups excluding carboxylic acids is 2. The summed E-state index contributed by atoms with van der Waals surface area (Å²) >= 11 is 0. The molecule has 2 aliphatic carbocycles. The van der Waals surface area contributed by atoms with E-state index in [-0.39, 0.29) is 42.1 Å². The number of aromatic hydroxyl groups is 1. The zero-order chi connectivity index (χ0) is 21.0. The Balaban J connectivity index is 1.34. The standard InChI is InChI=1S/C22H28N4O4/c1-24-17-10-14(13-2-3-13)11-18(28)20(17)23-21(24)22(30)25-8-9-26(19(29)12-25)15-4-6-16(27)7-5-15/h10-11,13,15-16,27-28H,2-9,12H2,1H3. The predicted molar refractivity (Wildman–Crippen MR) is 110 cm³/mol. The maximum absolute atomic E-state index is 13.2. The number of fused-ring (bicyclic) bond motifs is 1. The molecule has 5 rings (SSSR count). The van der Waals surface area contributed by atoms with E-state index in [4.69, 9.17) is 0 Å². The molecule has 0 spiro atoms. The first-order chi connectivity index (χ1) is 14.4. The zero-order valence-electron chi connectivity index (χ0n) is 17.3. The van der Waals surface area contributed by atoms with E-state index >= 15 is 0 Å². The highest BCUT2D eigenvalue weighted by Crippen LogP contribution is 2.43. The Morgan fingerprint density at radius 3 is 2.50 bits per heavy atom. The van der Waals surface area contributed by atoms with Crippen molar-refractivity contribution in [2.45, 2.75) is 56.6 Å². The molecule has 0 radical (unpaired) electrons. The van der Waals surface area contributed by atoms with Crippen molar-refractivity contribution in [2.24, 2.45) is 7.05 Å². The molecule has 3 aliphatic rings. The van der Waals surface area contributed by atoms with Crippen molar-refractivity contribution < 1.29 is 19.8 Å². The van der Waals surface area contributed by atoms with Crippen molar-refractivity contribution in [1.29, 1.82) is 0 Å². The van der Waals surface area contributed by atoms with Crippen LogP contribution in [0, 0.1) is 0 Å².